The van der Waals surface area contributed by atoms with Crippen LogP contribution < -0.4 is 0 Å². The Hall–Kier alpha value is -9.53. The lowest BCUT2D eigenvalue weighted by molar-refractivity contribution is -0.375. The van der Waals surface area contributed by atoms with E-state index in [9.17, 15) is 54.0 Å². The van der Waals surface area contributed by atoms with Crippen molar-refractivity contribution in [1.82, 2.24) is 0 Å². The first-order valence-electron chi connectivity index (χ1n) is 28.4. The highest BCUT2D eigenvalue weighted by atomic mass is 16.8. The number of benzene rings is 7. The maximum Gasteiger partial charge on any atom is 0.338 e. The van der Waals surface area contributed by atoms with Gasteiger partial charge in [0.25, 0.3) is 0 Å². The fraction of sp³-hybridized carbons (Fsp3) is 0.269. The quantitative estimate of drug-likeness (QED) is 0.0511. The number of carbonyl (C=O) groups excluding carboxylic acids is 7. The monoisotopic (exact) mass is 1230 g/mol. The van der Waals surface area contributed by atoms with Crippen LogP contribution in [0.1, 0.15) is 72.5 Å². The van der Waals surface area contributed by atoms with E-state index in [1.54, 1.807) is 78.9 Å². The maximum atomic E-state index is 14.8. The van der Waals surface area contributed by atoms with E-state index < -0.39 is 154 Å². The normalized spacial score (nSPS) is 26.3. The number of ether oxygens (including phenoxy) is 12. The van der Waals surface area contributed by atoms with Crippen LogP contribution >= 0.6 is 0 Å². The largest absolute Gasteiger partial charge is 0.459 e. The lowest BCUT2D eigenvalue weighted by Crippen LogP contribution is -2.68. The molecule has 3 aliphatic heterocycles. The molecule has 0 bridgehead atoms. The first-order valence-corrected chi connectivity index (χ1v) is 28.4. The molecule has 466 valence electrons. The number of aliphatic hydroxyl groups is 4. The van der Waals surface area contributed by atoms with E-state index in [1.807, 2.05) is 0 Å². The molecule has 0 aromatic heterocycles. The van der Waals surface area contributed by atoms with Crippen LogP contribution in [-0.4, -0.2) is 174 Å². The summed E-state index contributed by atoms with van der Waals surface area (Å²) in [5.41, 5.74) is -0.189. The zero-order chi connectivity index (χ0) is 63.1. The van der Waals surface area contributed by atoms with E-state index in [4.69, 9.17) is 56.8 Å². The lowest BCUT2D eigenvalue weighted by atomic mass is 9.95. The third kappa shape index (κ3) is 15.5. The molecule has 1 unspecified atom stereocenters. The van der Waals surface area contributed by atoms with Crippen molar-refractivity contribution in [2.24, 2.45) is 0 Å². The van der Waals surface area contributed by atoms with Crippen molar-refractivity contribution in [1.29, 1.82) is 0 Å². The van der Waals surface area contributed by atoms with Crippen LogP contribution in [0.5, 0.6) is 0 Å². The van der Waals surface area contributed by atoms with E-state index >= 15 is 0 Å². The summed E-state index contributed by atoms with van der Waals surface area (Å²) in [4.78, 5) is 101. The molecule has 10 rings (SSSR count). The van der Waals surface area contributed by atoms with Gasteiger partial charge in [0.05, 0.1) is 45.6 Å². The van der Waals surface area contributed by atoms with Gasteiger partial charge in [-0.25, -0.2) is 33.6 Å². The molecule has 4 N–H and O–H groups in total. The number of hydrogen-bond donors (Lipinski definition) is 4. The summed E-state index contributed by atoms with van der Waals surface area (Å²) in [5.74, 6) is -7.27. The molecule has 0 radical (unpaired) electrons. The summed E-state index contributed by atoms with van der Waals surface area (Å²) in [5, 5.41) is 44.1. The zero-order valence-corrected chi connectivity index (χ0v) is 47.5. The summed E-state index contributed by atoms with van der Waals surface area (Å²) in [6.07, 6.45) is -30.1. The Morgan fingerprint density at radius 2 is 0.567 bits per heavy atom. The Morgan fingerprint density at radius 1 is 0.300 bits per heavy atom. The summed E-state index contributed by atoms with van der Waals surface area (Å²) in [7, 11) is 0. The molecule has 0 aliphatic carbocycles. The van der Waals surface area contributed by atoms with Crippen LogP contribution in [0, 0.1) is 0 Å². The number of esters is 7. The van der Waals surface area contributed by atoms with Crippen LogP contribution in [0.15, 0.2) is 212 Å². The number of hydrogen-bond acceptors (Lipinski definition) is 23. The van der Waals surface area contributed by atoms with Gasteiger partial charge in [0.15, 0.2) is 49.4 Å². The van der Waals surface area contributed by atoms with Gasteiger partial charge >= 0.3 is 41.8 Å². The van der Waals surface area contributed by atoms with Gasteiger partial charge in [-0.2, -0.15) is 0 Å². The first kappa shape index (κ1) is 63.5. The van der Waals surface area contributed by atoms with Crippen molar-refractivity contribution < 1.29 is 111 Å². The Morgan fingerprint density at radius 3 is 0.889 bits per heavy atom. The van der Waals surface area contributed by atoms with E-state index in [-0.39, 0.29) is 38.9 Å². The zero-order valence-electron chi connectivity index (χ0n) is 47.5. The minimum absolute atomic E-state index is 0.00719. The Balaban J connectivity index is 1.15. The van der Waals surface area contributed by atoms with Crippen LogP contribution in [0.25, 0.3) is 0 Å². The van der Waals surface area contributed by atoms with E-state index in [0.29, 0.717) is 0 Å². The third-order valence-electron chi connectivity index (χ3n) is 14.6. The van der Waals surface area contributed by atoms with E-state index in [0.717, 1.165) is 0 Å². The second-order valence-corrected chi connectivity index (χ2v) is 20.6. The molecular formula is C67H60O23. The highest BCUT2D eigenvalue weighted by Crippen LogP contribution is 2.38. The van der Waals surface area contributed by atoms with Crippen molar-refractivity contribution in [2.75, 3.05) is 19.8 Å². The lowest BCUT2D eigenvalue weighted by Gasteiger charge is -2.50. The molecule has 90 heavy (non-hydrogen) atoms. The van der Waals surface area contributed by atoms with Crippen LogP contribution in [-0.2, 0) is 56.8 Å². The smallest absolute Gasteiger partial charge is 0.338 e. The molecule has 3 aliphatic rings. The summed E-state index contributed by atoms with van der Waals surface area (Å²) in [6, 6.07) is 52.8. The van der Waals surface area contributed by atoms with Crippen molar-refractivity contribution in [3.05, 3.63) is 251 Å². The molecular weight excluding hydrogens is 1170 g/mol. The van der Waals surface area contributed by atoms with Gasteiger partial charge in [0, 0.05) is 0 Å². The summed E-state index contributed by atoms with van der Waals surface area (Å²) >= 11 is 0. The Bertz CT molecular complexity index is 3510. The van der Waals surface area contributed by atoms with Gasteiger partial charge in [-0.3, -0.25) is 0 Å². The van der Waals surface area contributed by atoms with E-state index in [2.05, 4.69) is 0 Å². The van der Waals surface area contributed by atoms with Gasteiger partial charge in [-0.15, -0.1) is 0 Å². The minimum Gasteiger partial charge on any atom is -0.459 e. The SMILES string of the molecule is O=C(OC[C@H]1O[C@@H](O[C@H]2[C@H](OC(=O)c3ccccc3)[C@@H](OC(=O)c3ccccc3)[C@H](O[C@H]3[C@H](O)[C@@H](CO)OC(O)[C@@H]3O)O[C@@H]2COC(=O)c2ccccc2)[C@H](OC(=O)c2ccccc2)[C@@H](OC(=O)c2ccccc2)[C@H]1OC(=O)c1ccccc1)c1ccccc1. The van der Waals surface area contributed by atoms with Crippen LogP contribution in [0.4, 0.5) is 0 Å². The minimum atomic E-state index is -2.21. The highest BCUT2D eigenvalue weighted by Gasteiger charge is 2.60. The average molecular weight is 1230 g/mol. The average Bonchev–Trinajstić information content (AvgIpc) is 0.797. The summed E-state index contributed by atoms with van der Waals surface area (Å²) in [6.45, 7) is -2.64. The van der Waals surface area contributed by atoms with Crippen molar-refractivity contribution >= 4 is 41.8 Å². The molecule has 0 amide bonds. The number of rotatable bonds is 21. The fourth-order valence-corrected chi connectivity index (χ4v) is 10.1. The highest BCUT2D eigenvalue weighted by molar-refractivity contribution is 5.93. The molecule has 3 fully saturated rings. The van der Waals surface area contributed by atoms with Gasteiger partial charge in [0.2, 0.25) is 0 Å². The Labute approximate surface area is 514 Å². The first-order chi connectivity index (χ1) is 43.7. The molecule has 0 saturated carbocycles. The van der Waals surface area contributed by atoms with Crippen molar-refractivity contribution in [3.8, 4) is 0 Å². The van der Waals surface area contributed by atoms with Crippen molar-refractivity contribution in [3.63, 3.8) is 0 Å². The van der Waals surface area contributed by atoms with Gasteiger partial charge in [-0.1, -0.05) is 127 Å². The molecule has 3 saturated heterocycles. The second-order valence-electron chi connectivity index (χ2n) is 20.6. The molecule has 15 atom stereocenters. The van der Waals surface area contributed by atoms with Gasteiger partial charge in [0.1, 0.15) is 55.9 Å². The van der Waals surface area contributed by atoms with Crippen LogP contribution in [0.2, 0.25) is 0 Å². The number of carbonyl (C=O) groups is 7. The molecule has 23 nitrogen and oxygen atoms in total. The van der Waals surface area contributed by atoms with Crippen LogP contribution in [0.3, 0.4) is 0 Å². The standard InChI is InChI=1S/C67H60O23/c68-36-46-49(69)53(50(70)65(78)81-46)90-67-57(88-64(77)45-34-20-7-21-35-45)55(86-62(75)43-30-16-5-17-31-43)52(48(83-67)38-80-59(72)40-24-10-2-11-25-40)89-66-56(87-63(76)44-32-18-6-19-33-44)54(85-61(74)42-28-14-4-15-29-42)51(84-60(73)41-26-12-3-13-27-41)47(82-66)37-79-58(71)39-22-8-1-9-23-39/h1-35,46-57,65-70,78H,36-38H2/t46-,47-,48-,49-,50-,51+,52-,53+,54+,55+,56-,57-,65?,66+,67+/m1/s1. The maximum absolute atomic E-state index is 14.8. The van der Waals surface area contributed by atoms with Crippen molar-refractivity contribution in [2.45, 2.75) is 92.1 Å². The second kappa shape index (κ2) is 30.1. The fourth-order valence-electron chi connectivity index (χ4n) is 10.1. The third-order valence-corrected chi connectivity index (χ3v) is 14.6. The van der Waals surface area contributed by atoms with Gasteiger partial charge in [-0.05, 0) is 84.9 Å². The molecule has 3 heterocycles. The Kier molecular flexibility index (Phi) is 21.2. The van der Waals surface area contributed by atoms with Gasteiger partial charge < -0.3 is 77.3 Å². The predicted octanol–water partition coefficient (Wildman–Crippen LogP) is 5.48. The topological polar surface area (TPSA) is 311 Å². The number of aliphatic hydroxyl groups excluding tert-OH is 4. The molecule has 0 spiro atoms. The van der Waals surface area contributed by atoms with E-state index in [1.165, 1.54) is 133 Å². The molecule has 7 aromatic carbocycles. The molecule has 7 aromatic rings. The predicted molar refractivity (Wildman–Crippen MR) is 309 cm³/mol. The summed E-state index contributed by atoms with van der Waals surface area (Å²) < 4.78 is 75.2. The molecule has 23 heteroatoms.